The molecule has 0 radical (unpaired) electrons. The number of alkyl halides is 1. The van der Waals surface area contributed by atoms with E-state index >= 15 is 0 Å². The monoisotopic (exact) mass is 323 g/mol. The van der Waals surface area contributed by atoms with Gasteiger partial charge in [-0.3, -0.25) is 0 Å². The summed E-state index contributed by atoms with van der Waals surface area (Å²) >= 11 is 3.44. The smallest absolute Gasteiger partial charge is 0.340 e. The van der Waals surface area contributed by atoms with Crippen molar-refractivity contribution in [2.24, 2.45) is 0 Å². The highest BCUT2D eigenvalue weighted by Crippen LogP contribution is 2.22. The number of aryl methyl sites for hydroxylation is 1. The molecule has 4 heteroatoms. The number of fused-ring (bicyclic) bond motifs is 1. The SMILES string of the molecule is CCOC(=O)c1cn(CCCCBr)c2ccccc12. The Bertz CT molecular complexity index is 562. The van der Waals surface area contributed by atoms with E-state index in [0.717, 1.165) is 35.6 Å². The molecule has 0 saturated heterocycles. The van der Waals surface area contributed by atoms with Gasteiger partial charge in [-0.05, 0) is 25.8 Å². The molecule has 3 nitrogen and oxygen atoms in total. The van der Waals surface area contributed by atoms with Gasteiger partial charge in [0.1, 0.15) is 0 Å². The maximum Gasteiger partial charge on any atom is 0.340 e. The highest BCUT2D eigenvalue weighted by Gasteiger charge is 2.15. The number of hydrogen-bond acceptors (Lipinski definition) is 2. The van der Waals surface area contributed by atoms with Crippen LogP contribution < -0.4 is 0 Å². The summed E-state index contributed by atoms with van der Waals surface area (Å²) in [5.41, 5.74) is 1.76. The van der Waals surface area contributed by atoms with Gasteiger partial charge in [-0.25, -0.2) is 4.79 Å². The summed E-state index contributed by atoms with van der Waals surface area (Å²) in [5, 5.41) is 1.98. The first-order valence-corrected chi connectivity index (χ1v) is 7.71. The van der Waals surface area contributed by atoms with Crippen molar-refractivity contribution in [3.8, 4) is 0 Å². The van der Waals surface area contributed by atoms with E-state index in [-0.39, 0.29) is 5.97 Å². The summed E-state index contributed by atoms with van der Waals surface area (Å²) in [6.45, 7) is 3.15. The molecular formula is C15H18BrNO2. The van der Waals surface area contributed by atoms with Crippen molar-refractivity contribution < 1.29 is 9.53 Å². The molecular weight excluding hydrogens is 306 g/mol. The van der Waals surface area contributed by atoms with Gasteiger partial charge in [0.25, 0.3) is 0 Å². The quantitative estimate of drug-likeness (QED) is 0.457. The molecule has 0 amide bonds. The molecule has 2 aromatic rings. The molecule has 1 aromatic carbocycles. The van der Waals surface area contributed by atoms with Crippen molar-refractivity contribution in [2.75, 3.05) is 11.9 Å². The molecule has 0 saturated carbocycles. The molecule has 1 aromatic heterocycles. The lowest BCUT2D eigenvalue weighted by molar-refractivity contribution is 0.0528. The molecule has 0 unspecified atom stereocenters. The summed E-state index contributed by atoms with van der Waals surface area (Å²) in [6.07, 6.45) is 4.13. The minimum Gasteiger partial charge on any atom is -0.462 e. The average molecular weight is 324 g/mol. The van der Waals surface area contributed by atoms with E-state index in [1.807, 2.05) is 37.4 Å². The predicted molar refractivity (Wildman–Crippen MR) is 80.9 cm³/mol. The van der Waals surface area contributed by atoms with Crippen LogP contribution >= 0.6 is 15.9 Å². The topological polar surface area (TPSA) is 31.2 Å². The van der Waals surface area contributed by atoms with Crippen molar-refractivity contribution in [3.63, 3.8) is 0 Å². The zero-order chi connectivity index (χ0) is 13.7. The maximum absolute atomic E-state index is 12.0. The minimum absolute atomic E-state index is 0.238. The largest absolute Gasteiger partial charge is 0.462 e. The fourth-order valence-corrected chi connectivity index (χ4v) is 2.58. The van der Waals surface area contributed by atoms with Crippen LogP contribution in [0.1, 0.15) is 30.1 Å². The molecule has 0 aliphatic rings. The Morgan fingerprint density at radius 1 is 1.32 bits per heavy atom. The number of unbranched alkanes of at least 4 members (excludes halogenated alkanes) is 1. The second kappa shape index (κ2) is 6.75. The normalized spacial score (nSPS) is 10.8. The molecule has 0 fully saturated rings. The summed E-state index contributed by atoms with van der Waals surface area (Å²) in [7, 11) is 0. The van der Waals surface area contributed by atoms with E-state index in [1.165, 1.54) is 0 Å². The summed E-state index contributed by atoms with van der Waals surface area (Å²) in [6, 6.07) is 7.97. The number of carbonyl (C=O) groups is 1. The van der Waals surface area contributed by atoms with E-state index in [0.29, 0.717) is 12.2 Å². The Kier molecular flexibility index (Phi) is 5.02. The number of hydrogen-bond donors (Lipinski definition) is 0. The second-order valence-electron chi connectivity index (χ2n) is 4.37. The lowest BCUT2D eigenvalue weighted by atomic mass is 10.2. The number of ether oxygens (including phenoxy) is 1. The van der Waals surface area contributed by atoms with Gasteiger partial charge in [-0.15, -0.1) is 0 Å². The van der Waals surface area contributed by atoms with E-state index in [1.54, 1.807) is 0 Å². The van der Waals surface area contributed by atoms with Gasteiger partial charge in [-0.2, -0.15) is 0 Å². The number of nitrogens with zero attached hydrogens (tertiary/aromatic N) is 1. The van der Waals surface area contributed by atoms with Crippen LogP contribution in [0.25, 0.3) is 10.9 Å². The third-order valence-electron chi connectivity index (χ3n) is 3.07. The van der Waals surface area contributed by atoms with Crippen molar-refractivity contribution in [1.82, 2.24) is 4.57 Å². The Labute approximate surface area is 121 Å². The van der Waals surface area contributed by atoms with Gasteiger partial charge in [-0.1, -0.05) is 34.1 Å². The molecule has 0 atom stereocenters. The van der Waals surface area contributed by atoms with Crippen LogP contribution in [-0.2, 0) is 11.3 Å². The number of carbonyl (C=O) groups excluding carboxylic acids is 1. The molecule has 0 N–H and O–H groups in total. The van der Waals surface area contributed by atoms with Crippen LogP contribution in [0.15, 0.2) is 30.5 Å². The van der Waals surface area contributed by atoms with Gasteiger partial charge in [0.05, 0.1) is 12.2 Å². The Morgan fingerprint density at radius 2 is 2.11 bits per heavy atom. The van der Waals surface area contributed by atoms with Gasteiger partial charge < -0.3 is 9.30 Å². The molecule has 1 heterocycles. The number of esters is 1. The third kappa shape index (κ3) is 3.18. The van der Waals surface area contributed by atoms with Gasteiger partial charge >= 0.3 is 5.97 Å². The summed E-state index contributed by atoms with van der Waals surface area (Å²) in [4.78, 5) is 12.0. The number of aromatic nitrogens is 1. The first kappa shape index (κ1) is 14.1. The molecule has 0 bridgehead atoms. The van der Waals surface area contributed by atoms with Gasteiger partial charge in [0, 0.05) is 29.0 Å². The molecule has 0 aliphatic carbocycles. The Hall–Kier alpha value is -1.29. The lowest BCUT2D eigenvalue weighted by Crippen LogP contribution is -2.04. The Balaban J connectivity index is 2.34. The second-order valence-corrected chi connectivity index (χ2v) is 5.16. The molecule has 102 valence electrons. The highest BCUT2D eigenvalue weighted by atomic mass is 79.9. The molecule has 19 heavy (non-hydrogen) atoms. The van der Waals surface area contributed by atoms with E-state index in [2.05, 4.69) is 20.5 Å². The van der Waals surface area contributed by atoms with Crippen molar-refractivity contribution >= 4 is 32.8 Å². The van der Waals surface area contributed by atoms with Gasteiger partial charge in [0.2, 0.25) is 0 Å². The third-order valence-corrected chi connectivity index (χ3v) is 3.63. The first-order valence-electron chi connectivity index (χ1n) is 6.59. The minimum atomic E-state index is -0.238. The van der Waals surface area contributed by atoms with E-state index < -0.39 is 0 Å². The van der Waals surface area contributed by atoms with Crippen LogP contribution in [0.3, 0.4) is 0 Å². The average Bonchev–Trinajstić information content (AvgIpc) is 2.79. The van der Waals surface area contributed by atoms with Crippen LogP contribution in [0.5, 0.6) is 0 Å². The number of benzene rings is 1. The molecule has 2 rings (SSSR count). The van der Waals surface area contributed by atoms with Crippen LogP contribution in [0.2, 0.25) is 0 Å². The van der Waals surface area contributed by atoms with Crippen molar-refractivity contribution in [3.05, 3.63) is 36.0 Å². The van der Waals surface area contributed by atoms with E-state index in [4.69, 9.17) is 4.74 Å². The zero-order valence-electron chi connectivity index (χ0n) is 11.1. The fraction of sp³-hybridized carbons (Fsp3) is 0.400. The summed E-state index contributed by atoms with van der Waals surface area (Å²) < 4.78 is 7.26. The number of para-hydroxylation sites is 1. The first-order chi connectivity index (χ1) is 9.27. The van der Waals surface area contributed by atoms with Gasteiger partial charge in [0.15, 0.2) is 0 Å². The zero-order valence-corrected chi connectivity index (χ0v) is 12.6. The Morgan fingerprint density at radius 3 is 2.84 bits per heavy atom. The maximum atomic E-state index is 12.0. The van der Waals surface area contributed by atoms with Crippen molar-refractivity contribution in [2.45, 2.75) is 26.3 Å². The predicted octanol–water partition coefficient (Wildman–Crippen LogP) is 3.99. The lowest BCUT2D eigenvalue weighted by Gasteiger charge is -2.03. The summed E-state index contributed by atoms with van der Waals surface area (Å²) in [5.74, 6) is -0.238. The van der Waals surface area contributed by atoms with Crippen molar-refractivity contribution in [1.29, 1.82) is 0 Å². The number of halogens is 1. The fourth-order valence-electron chi connectivity index (χ4n) is 2.18. The highest BCUT2D eigenvalue weighted by molar-refractivity contribution is 9.09. The molecule has 0 spiro atoms. The van der Waals surface area contributed by atoms with E-state index in [9.17, 15) is 4.79 Å². The van der Waals surface area contributed by atoms with Crippen LogP contribution in [-0.4, -0.2) is 22.5 Å². The molecule has 0 aliphatic heterocycles. The van der Waals surface area contributed by atoms with Crippen LogP contribution in [0, 0.1) is 0 Å². The number of rotatable bonds is 6. The van der Waals surface area contributed by atoms with Crippen LogP contribution in [0.4, 0.5) is 0 Å². The standard InChI is InChI=1S/C15H18BrNO2/c1-2-19-15(18)13-11-17(10-6-5-9-16)14-8-4-3-7-12(13)14/h3-4,7-8,11H,2,5-6,9-10H2,1H3.